The van der Waals surface area contributed by atoms with E-state index < -0.39 is 23.9 Å². The van der Waals surface area contributed by atoms with Crippen LogP contribution in [0, 0.1) is 6.92 Å². The van der Waals surface area contributed by atoms with Gasteiger partial charge in [0.2, 0.25) is 0 Å². The Morgan fingerprint density at radius 2 is 2.09 bits per heavy atom. The van der Waals surface area contributed by atoms with Crippen LogP contribution in [0.3, 0.4) is 0 Å². The summed E-state index contributed by atoms with van der Waals surface area (Å²) >= 11 is 0. The first-order valence-electron chi connectivity index (χ1n) is 7.34. The lowest BCUT2D eigenvalue weighted by Crippen LogP contribution is -2.26. The van der Waals surface area contributed by atoms with Crippen molar-refractivity contribution in [3.63, 3.8) is 0 Å². The fourth-order valence-corrected chi connectivity index (χ4v) is 3.11. The van der Waals surface area contributed by atoms with E-state index in [1.54, 1.807) is 19.2 Å². The first-order chi connectivity index (χ1) is 10.9. The van der Waals surface area contributed by atoms with Crippen LogP contribution in [0.25, 0.3) is 0 Å². The third-order valence-corrected chi connectivity index (χ3v) is 4.23. The molecule has 0 aliphatic carbocycles. The lowest BCUT2D eigenvalue weighted by molar-refractivity contribution is -0.138. The number of likely N-dealkylation sites (tertiary alicyclic amines) is 1. The molecule has 0 bridgehead atoms. The Hall–Kier alpha value is -1.86. The highest BCUT2D eigenvalue weighted by atomic mass is 19.4. The first-order valence-corrected chi connectivity index (χ1v) is 7.34. The summed E-state index contributed by atoms with van der Waals surface area (Å²) in [5.41, 5.74) is 0.366. The highest BCUT2D eigenvalue weighted by molar-refractivity contribution is 5.33. The molecule has 1 aromatic heterocycles. The Morgan fingerprint density at radius 1 is 1.35 bits per heavy atom. The summed E-state index contributed by atoms with van der Waals surface area (Å²) < 4.78 is 44.8. The molecular formula is C16H17F3N2O2. The number of rotatable bonds is 3. The van der Waals surface area contributed by atoms with Crippen LogP contribution in [0.15, 0.2) is 35.0 Å². The molecule has 1 aromatic carbocycles. The highest BCUT2D eigenvalue weighted by Crippen LogP contribution is 2.41. The average Bonchev–Trinajstić information content (AvgIpc) is 3.05. The van der Waals surface area contributed by atoms with Gasteiger partial charge in [0.25, 0.3) is 0 Å². The van der Waals surface area contributed by atoms with E-state index in [-0.39, 0.29) is 12.0 Å². The number of β-amino-alcohol motifs (C(OH)–C–C–N with tert-alkyl or cyclic N) is 1. The Morgan fingerprint density at radius 3 is 2.74 bits per heavy atom. The van der Waals surface area contributed by atoms with E-state index >= 15 is 0 Å². The second-order valence-electron chi connectivity index (χ2n) is 5.83. The van der Waals surface area contributed by atoms with Crippen LogP contribution in [0.4, 0.5) is 13.2 Å². The minimum absolute atomic E-state index is 0.200. The van der Waals surface area contributed by atoms with E-state index in [1.807, 2.05) is 4.90 Å². The molecule has 1 aliphatic rings. The van der Waals surface area contributed by atoms with Crippen molar-refractivity contribution >= 4 is 0 Å². The predicted molar refractivity (Wildman–Crippen MR) is 76.5 cm³/mol. The quantitative estimate of drug-likeness (QED) is 0.940. The second-order valence-corrected chi connectivity index (χ2v) is 5.83. The van der Waals surface area contributed by atoms with Gasteiger partial charge in [0.15, 0.2) is 0 Å². The van der Waals surface area contributed by atoms with Crippen molar-refractivity contribution in [2.45, 2.75) is 38.2 Å². The van der Waals surface area contributed by atoms with E-state index in [4.69, 9.17) is 4.52 Å². The van der Waals surface area contributed by atoms with Crippen molar-refractivity contribution in [3.05, 3.63) is 52.9 Å². The van der Waals surface area contributed by atoms with Crippen molar-refractivity contribution < 1.29 is 22.8 Å². The zero-order valence-corrected chi connectivity index (χ0v) is 12.5. The fraction of sp³-hybridized carbons (Fsp3) is 0.438. The molecule has 2 atom stereocenters. The number of aliphatic hydroxyl groups excluding tert-OH is 1. The van der Waals surface area contributed by atoms with Gasteiger partial charge in [0, 0.05) is 24.7 Å². The molecule has 23 heavy (non-hydrogen) atoms. The molecule has 0 amide bonds. The van der Waals surface area contributed by atoms with Crippen LogP contribution >= 0.6 is 0 Å². The van der Waals surface area contributed by atoms with Gasteiger partial charge in [-0.15, -0.1) is 0 Å². The van der Waals surface area contributed by atoms with Gasteiger partial charge < -0.3 is 9.63 Å². The number of nitrogens with zero attached hydrogens (tertiary/aromatic N) is 2. The smallest absolute Gasteiger partial charge is 0.392 e. The summed E-state index contributed by atoms with van der Waals surface area (Å²) in [7, 11) is 0. The van der Waals surface area contributed by atoms with Gasteiger partial charge in [-0.05, 0) is 25.0 Å². The summed E-state index contributed by atoms with van der Waals surface area (Å²) in [6, 6.07) is 5.06. The monoisotopic (exact) mass is 326 g/mol. The van der Waals surface area contributed by atoms with Gasteiger partial charge in [-0.2, -0.15) is 13.2 Å². The maximum absolute atomic E-state index is 13.3. The number of aliphatic hydroxyl groups is 1. The molecule has 3 rings (SSSR count). The SMILES string of the molecule is Cc1oncc1CN1C[C@H](O)C[C@@H]1c1ccccc1C(F)(F)F. The molecular weight excluding hydrogens is 309 g/mol. The molecule has 1 fully saturated rings. The predicted octanol–water partition coefficient (Wildman–Crippen LogP) is 3.31. The lowest BCUT2D eigenvalue weighted by Gasteiger charge is -2.26. The average molecular weight is 326 g/mol. The lowest BCUT2D eigenvalue weighted by atomic mass is 9.97. The maximum Gasteiger partial charge on any atom is 0.416 e. The van der Waals surface area contributed by atoms with E-state index in [0.29, 0.717) is 18.8 Å². The van der Waals surface area contributed by atoms with E-state index in [0.717, 1.165) is 11.6 Å². The Bertz CT molecular complexity index is 684. The zero-order chi connectivity index (χ0) is 16.6. The maximum atomic E-state index is 13.3. The number of alkyl halides is 3. The van der Waals surface area contributed by atoms with Crippen LogP contribution in [-0.2, 0) is 12.7 Å². The zero-order valence-electron chi connectivity index (χ0n) is 12.5. The Balaban J connectivity index is 1.93. The summed E-state index contributed by atoms with van der Waals surface area (Å²) in [6.07, 6.45) is -3.23. The number of aryl methyl sites for hydroxylation is 1. The standard InChI is InChI=1S/C16H17F3N2O2/c1-10-11(7-20-23-10)8-21-9-12(22)6-15(21)13-4-2-3-5-14(13)16(17,18)19/h2-5,7,12,15,22H,6,8-9H2,1H3/t12-,15-/m1/s1. The van der Waals surface area contributed by atoms with Gasteiger partial charge in [0.1, 0.15) is 5.76 Å². The van der Waals surface area contributed by atoms with Crippen LogP contribution < -0.4 is 0 Å². The number of benzene rings is 1. The Kier molecular flexibility index (Phi) is 4.16. The largest absolute Gasteiger partial charge is 0.416 e. The molecule has 2 aromatic rings. The summed E-state index contributed by atoms with van der Waals surface area (Å²) in [5, 5.41) is 13.7. The molecule has 0 radical (unpaired) electrons. The topological polar surface area (TPSA) is 49.5 Å². The number of aromatic nitrogens is 1. The van der Waals surface area contributed by atoms with Crippen LogP contribution in [0.1, 0.15) is 34.9 Å². The van der Waals surface area contributed by atoms with Crippen molar-refractivity contribution in [1.82, 2.24) is 10.1 Å². The van der Waals surface area contributed by atoms with Crippen molar-refractivity contribution in [2.75, 3.05) is 6.54 Å². The van der Waals surface area contributed by atoms with E-state index in [2.05, 4.69) is 5.16 Å². The van der Waals surface area contributed by atoms with Gasteiger partial charge in [0.05, 0.1) is 17.9 Å². The molecule has 124 valence electrons. The molecule has 2 heterocycles. The number of hydrogen-bond donors (Lipinski definition) is 1. The third kappa shape index (κ3) is 3.25. The minimum atomic E-state index is -4.41. The highest BCUT2D eigenvalue weighted by Gasteiger charge is 2.39. The van der Waals surface area contributed by atoms with Crippen molar-refractivity contribution in [2.24, 2.45) is 0 Å². The van der Waals surface area contributed by atoms with Crippen LogP contribution in [-0.4, -0.2) is 27.8 Å². The molecule has 0 spiro atoms. The minimum Gasteiger partial charge on any atom is -0.392 e. The molecule has 0 unspecified atom stereocenters. The third-order valence-electron chi connectivity index (χ3n) is 4.23. The van der Waals surface area contributed by atoms with Crippen molar-refractivity contribution in [1.29, 1.82) is 0 Å². The Labute approximate surface area is 131 Å². The molecule has 7 heteroatoms. The summed E-state index contributed by atoms with van der Waals surface area (Å²) in [4.78, 5) is 1.84. The van der Waals surface area contributed by atoms with Crippen molar-refractivity contribution in [3.8, 4) is 0 Å². The molecule has 1 aliphatic heterocycles. The van der Waals surface area contributed by atoms with E-state index in [9.17, 15) is 18.3 Å². The second kappa shape index (κ2) is 5.98. The molecule has 1 saturated heterocycles. The van der Waals surface area contributed by atoms with Gasteiger partial charge in [-0.3, -0.25) is 4.90 Å². The first kappa shape index (κ1) is 16.0. The van der Waals surface area contributed by atoms with Gasteiger partial charge in [-0.25, -0.2) is 0 Å². The van der Waals surface area contributed by atoms with Gasteiger partial charge in [-0.1, -0.05) is 23.4 Å². The summed E-state index contributed by atoms with van der Waals surface area (Å²) in [5.74, 6) is 0.634. The summed E-state index contributed by atoms with van der Waals surface area (Å²) in [6.45, 7) is 2.47. The normalized spacial score (nSPS) is 22.7. The molecule has 0 saturated carbocycles. The van der Waals surface area contributed by atoms with Crippen LogP contribution in [0.5, 0.6) is 0 Å². The number of halogens is 3. The fourth-order valence-electron chi connectivity index (χ4n) is 3.11. The van der Waals surface area contributed by atoms with Gasteiger partial charge >= 0.3 is 6.18 Å². The van der Waals surface area contributed by atoms with Crippen LogP contribution in [0.2, 0.25) is 0 Å². The molecule has 4 nitrogen and oxygen atoms in total. The number of hydrogen-bond acceptors (Lipinski definition) is 4. The van der Waals surface area contributed by atoms with E-state index in [1.165, 1.54) is 12.1 Å². The molecule has 1 N–H and O–H groups in total.